The maximum absolute atomic E-state index is 12.5. The molecule has 0 spiro atoms. The number of aromatic amines is 1. The van der Waals surface area contributed by atoms with Gasteiger partial charge in [0, 0.05) is 21.7 Å². The second-order valence-corrected chi connectivity index (χ2v) is 8.50. The van der Waals surface area contributed by atoms with Crippen molar-refractivity contribution in [2.45, 2.75) is 32.7 Å². The number of nitrogens with one attached hydrogen (secondary N) is 2. The Morgan fingerprint density at radius 1 is 1.12 bits per heavy atom. The first-order valence-electron chi connectivity index (χ1n) is 10.5. The minimum absolute atomic E-state index is 0.125. The predicted octanol–water partition coefficient (Wildman–Crippen LogP) is 4.87. The summed E-state index contributed by atoms with van der Waals surface area (Å²) in [6.07, 6.45) is 0.800. The Kier molecular flexibility index (Phi) is 8.36. The first-order valence-corrected chi connectivity index (χ1v) is 11.2. The number of H-pyrrole nitrogens is 1. The molecule has 1 amide bonds. The van der Waals surface area contributed by atoms with E-state index in [9.17, 15) is 14.4 Å². The Morgan fingerprint density at radius 3 is 2.48 bits per heavy atom. The van der Waals surface area contributed by atoms with Gasteiger partial charge in [-0.15, -0.1) is 0 Å². The van der Waals surface area contributed by atoms with Gasteiger partial charge in [-0.2, -0.15) is 5.16 Å². The van der Waals surface area contributed by atoms with Gasteiger partial charge >= 0.3 is 5.97 Å². The normalized spacial score (nSPS) is 12.7. The van der Waals surface area contributed by atoms with Gasteiger partial charge in [0.15, 0.2) is 0 Å². The minimum Gasteiger partial charge on any atom is -0.466 e. The van der Waals surface area contributed by atoms with Crippen LogP contribution in [-0.2, 0) is 16.0 Å². The molecule has 1 heterocycles. The number of benzene rings is 2. The predicted molar refractivity (Wildman–Crippen MR) is 127 cm³/mol. The van der Waals surface area contributed by atoms with Gasteiger partial charge in [0.1, 0.15) is 0 Å². The number of carbonyl (C=O) groups is 2. The van der Waals surface area contributed by atoms with Crippen molar-refractivity contribution in [1.29, 1.82) is 0 Å². The molecule has 2 N–H and O–H groups in total. The fourth-order valence-electron chi connectivity index (χ4n) is 3.48. The zero-order valence-corrected chi connectivity index (χ0v) is 19.7. The smallest absolute Gasteiger partial charge is 0.308 e. The number of hydrogen-bond acceptors (Lipinski definition) is 5. The third-order valence-corrected chi connectivity index (χ3v) is 5.65. The first kappa shape index (κ1) is 24.6. The molecular weight excluding hydrogens is 467 g/mol. The number of rotatable bonds is 9. The molecule has 3 aromatic rings. The molecule has 0 aliphatic carbocycles. The highest BCUT2D eigenvalue weighted by Gasteiger charge is 2.23. The molecule has 3 rings (SSSR count). The van der Waals surface area contributed by atoms with Crippen LogP contribution in [0.25, 0.3) is 11.1 Å². The number of esters is 1. The van der Waals surface area contributed by atoms with E-state index < -0.39 is 23.4 Å². The largest absolute Gasteiger partial charge is 0.466 e. The fourth-order valence-corrected chi connectivity index (χ4v) is 3.87. The molecule has 0 saturated heterocycles. The van der Waals surface area contributed by atoms with E-state index in [1.807, 2.05) is 24.3 Å². The molecule has 0 aliphatic rings. The van der Waals surface area contributed by atoms with E-state index in [-0.39, 0.29) is 18.3 Å². The van der Waals surface area contributed by atoms with Crippen LogP contribution in [0.1, 0.15) is 36.4 Å². The standard InChI is InChI=1S/C24H24Cl2N2O5/c1-3-32-24(31)14(2)10-18(27-23(30)21-13-22(29)28-33-21)11-15-4-6-16(7-5-15)19-12-17(25)8-9-20(19)26/h4-9,12-14,18H,3,10-11H2,1-2H3,(H,27,30)(H,28,29)/t14-,18-/m0/s1. The Morgan fingerprint density at radius 2 is 1.85 bits per heavy atom. The van der Waals surface area contributed by atoms with Crippen LogP contribution in [0.3, 0.4) is 0 Å². The van der Waals surface area contributed by atoms with Crippen molar-refractivity contribution in [2.75, 3.05) is 6.61 Å². The van der Waals surface area contributed by atoms with E-state index in [4.69, 9.17) is 32.5 Å². The third kappa shape index (κ3) is 6.73. The van der Waals surface area contributed by atoms with E-state index in [2.05, 4.69) is 10.5 Å². The number of ether oxygens (including phenoxy) is 1. The second kappa shape index (κ2) is 11.2. The van der Waals surface area contributed by atoms with Gasteiger partial charge in [-0.25, -0.2) is 0 Å². The molecule has 2 aromatic carbocycles. The monoisotopic (exact) mass is 490 g/mol. The minimum atomic E-state index is -0.545. The number of halogens is 2. The summed E-state index contributed by atoms with van der Waals surface area (Å²) in [5, 5.41) is 6.12. The van der Waals surface area contributed by atoms with Crippen molar-refractivity contribution in [3.8, 4) is 11.1 Å². The Bertz CT molecular complexity index is 1170. The zero-order valence-electron chi connectivity index (χ0n) is 18.2. The molecule has 0 bridgehead atoms. The highest BCUT2D eigenvalue weighted by Crippen LogP contribution is 2.31. The van der Waals surface area contributed by atoms with Crippen LogP contribution in [0.15, 0.2) is 57.8 Å². The van der Waals surface area contributed by atoms with Crippen molar-refractivity contribution in [3.05, 3.63) is 80.3 Å². The molecule has 9 heteroatoms. The summed E-state index contributed by atoms with van der Waals surface area (Å²) in [7, 11) is 0. The summed E-state index contributed by atoms with van der Waals surface area (Å²) in [6.45, 7) is 3.77. The molecule has 0 radical (unpaired) electrons. The Balaban J connectivity index is 1.78. The van der Waals surface area contributed by atoms with Crippen LogP contribution >= 0.6 is 23.2 Å². The lowest BCUT2D eigenvalue weighted by Crippen LogP contribution is -2.38. The molecule has 0 unspecified atom stereocenters. The topological polar surface area (TPSA) is 101 Å². The van der Waals surface area contributed by atoms with Crippen molar-refractivity contribution >= 4 is 35.1 Å². The van der Waals surface area contributed by atoms with E-state index in [1.54, 1.807) is 32.0 Å². The molecule has 0 aliphatic heterocycles. The van der Waals surface area contributed by atoms with Crippen molar-refractivity contribution in [3.63, 3.8) is 0 Å². The highest BCUT2D eigenvalue weighted by atomic mass is 35.5. The van der Waals surface area contributed by atoms with Gasteiger partial charge in [0.2, 0.25) is 5.76 Å². The molecular formula is C24H24Cl2N2O5. The molecule has 1 aromatic heterocycles. The van der Waals surface area contributed by atoms with Crippen molar-refractivity contribution in [1.82, 2.24) is 10.5 Å². The van der Waals surface area contributed by atoms with Crippen molar-refractivity contribution in [2.24, 2.45) is 5.92 Å². The Hall–Kier alpha value is -3.03. The van der Waals surface area contributed by atoms with E-state index in [0.717, 1.165) is 22.8 Å². The molecule has 7 nitrogen and oxygen atoms in total. The number of hydrogen-bond donors (Lipinski definition) is 2. The quantitative estimate of drug-likeness (QED) is 0.416. The SMILES string of the molecule is CCOC(=O)[C@@H](C)C[C@@H](Cc1ccc(-c2cc(Cl)ccc2Cl)cc1)NC(=O)c1cc(=O)[nH]o1. The maximum atomic E-state index is 12.5. The third-order valence-electron chi connectivity index (χ3n) is 5.09. The number of amides is 1. The lowest BCUT2D eigenvalue weighted by atomic mass is 9.94. The van der Waals surface area contributed by atoms with E-state index in [0.29, 0.717) is 22.9 Å². The van der Waals surface area contributed by atoms with Gasteiger partial charge in [-0.05, 0) is 49.1 Å². The van der Waals surface area contributed by atoms with Gasteiger partial charge in [-0.1, -0.05) is 54.4 Å². The van der Waals surface area contributed by atoms with E-state index in [1.165, 1.54) is 0 Å². The van der Waals surface area contributed by atoms with Crippen LogP contribution in [0.4, 0.5) is 0 Å². The van der Waals surface area contributed by atoms with Gasteiger partial charge in [0.25, 0.3) is 11.5 Å². The fraction of sp³-hybridized carbons (Fsp3) is 0.292. The second-order valence-electron chi connectivity index (χ2n) is 7.66. The maximum Gasteiger partial charge on any atom is 0.308 e. The lowest BCUT2D eigenvalue weighted by molar-refractivity contribution is -0.147. The van der Waals surface area contributed by atoms with Crippen LogP contribution in [0.2, 0.25) is 10.0 Å². The first-order chi connectivity index (χ1) is 15.8. The number of carbonyl (C=O) groups excluding carboxylic acids is 2. The van der Waals surface area contributed by atoms with Gasteiger partial charge < -0.3 is 14.6 Å². The molecule has 2 atom stereocenters. The summed E-state index contributed by atoms with van der Waals surface area (Å²) in [4.78, 5) is 36.0. The molecule has 174 valence electrons. The average Bonchev–Trinajstić information content (AvgIpc) is 3.22. The van der Waals surface area contributed by atoms with Crippen LogP contribution in [0.5, 0.6) is 0 Å². The Labute approximate surface area is 201 Å². The summed E-state index contributed by atoms with van der Waals surface area (Å²) in [5.41, 5.74) is 2.15. The lowest BCUT2D eigenvalue weighted by Gasteiger charge is -2.21. The van der Waals surface area contributed by atoms with Gasteiger partial charge in [-0.3, -0.25) is 14.4 Å². The zero-order chi connectivity index (χ0) is 24.0. The summed E-state index contributed by atoms with van der Waals surface area (Å²) >= 11 is 12.4. The van der Waals surface area contributed by atoms with Crippen LogP contribution < -0.4 is 10.9 Å². The highest BCUT2D eigenvalue weighted by molar-refractivity contribution is 6.35. The summed E-state index contributed by atoms with van der Waals surface area (Å²) < 4.78 is 9.98. The summed E-state index contributed by atoms with van der Waals surface area (Å²) in [5.74, 6) is -1.44. The van der Waals surface area contributed by atoms with Gasteiger partial charge in [0.05, 0.1) is 18.6 Å². The van der Waals surface area contributed by atoms with Crippen molar-refractivity contribution < 1.29 is 18.8 Å². The summed E-state index contributed by atoms with van der Waals surface area (Å²) in [6, 6.07) is 13.6. The molecule has 0 fully saturated rings. The van der Waals surface area contributed by atoms with Crippen LogP contribution in [-0.4, -0.2) is 29.7 Å². The average molecular weight is 491 g/mol. The molecule has 0 saturated carbocycles. The van der Waals surface area contributed by atoms with E-state index >= 15 is 0 Å². The molecule has 33 heavy (non-hydrogen) atoms. The number of aromatic nitrogens is 1. The van der Waals surface area contributed by atoms with Crippen LogP contribution in [0, 0.1) is 5.92 Å².